The molecule has 6 heteroatoms. The third kappa shape index (κ3) is 4.60. The number of para-hydroxylation sites is 2. The Balaban J connectivity index is 1.99. The molecule has 0 heterocycles. The van der Waals surface area contributed by atoms with Gasteiger partial charge in [-0.25, -0.2) is 0 Å². The number of phenols is 1. The molecular formula is C18H18N4O2. The lowest BCUT2D eigenvalue weighted by molar-refractivity contribution is -0.112. The van der Waals surface area contributed by atoms with Crippen LogP contribution in [0.15, 0.2) is 60.3 Å². The summed E-state index contributed by atoms with van der Waals surface area (Å²) in [5.74, 6) is -0.656. The summed E-state index contributed by atoms with van der Waals surface area (Å²) in [6.07, 6.45) is 1.35. The van der Waals surface area contributed by atoms with Crippen LogP contribution in [0.2, 0.25) is 0 Å². The Morgan fingerprint density at radius 3 is 2.67 bits per heavy atom. The molecule has 2 aromatic carbocycles. The number of carbonyl (C=O) groups excluding carboxylic acids is 1. The van der Waals surface area contributed by atoms with E-state index in [0.29, 0.717) is 13.1 Å². The van der Waals surface area contributed by atoms with E-state index >= 15 is 0 Å². The quantitative estimate of drug-likeness (QED) is 0.369. The zero-order valence-corrected chi connectivity index (χ0v) is 13.0. The molecule has 5 N–H and O–H groups in total. The van der Waals surface area contributed by atoms with E-state index in [0.717, 1.165) is 11.1 Å². The fourth-order valence-corrected chi connectivity index (χ4v) is 2.06. The van der Waals surface area contributed by atoms with Crippen LogP contribution in [0, 0.1) is 11.3 Å². The highest BCUT2D eigenvalue weighted by Crippen LogP contribution is 2.21. The van der Waals surface area contributed by atoms with E-state index < -0.39 is 5.91 Å². The van der Waals surface area contributed by atoms with Crippen molar-refractivity contribution in [3.05, 3.63) is 71.4 Å². The highest BCUT2D eigenvalue weighted by Gasteiger charge is 2.11. The van der Waals surface area contributed by atoms with Gasteiger partial charge in [0.1, 0.15) is 17.4 Å². The van der Waals surface area contributed by atoms with Crippen LogP contribution in [0.5, 0.6) is 5.75 Å². The van der Waals surface area contributed by atoms with Crippen molar-refractivity contribution in [1.82, 2.24) is 5.32 Å². The van der Waals surface area contributed by atoms with Gasteiger partial charge in [0.25, 0.3) is 5.91 Å². The number of nitrogens with zero attached hydrogens (tertiary/aromatic N) is 1. The number of aromatic hydroxyl groups is 1. The van der Waals surface area contributed by atoms with Gasteiger partial charge in [0.15, 0.2) is 0 Å². The first-order valence-corrected chi connectivity index (χ1v) is 7.35. The Hall–Kier alpha value is -3.30. The molecule has 0 radical (unpaired) electrons. The Labute approximate surface area is 140 Å². The lowest BCUT2D eigenvalue weighted by atomic mass is 10.1. The summed E-state index contributed by atoms with van der Waals surface area (Å²) in [4.78, 5) is 12.1. The fourth-order valence-electron chi connectivity index (χ4n) is 2.06. The molecule has 0 spiro atoms. The van der Waals surface area contributed by atoms with Crippen molar-refractivity contribution in [2.75, 3.05) is 5.32 Å². The molecule has 0 aliphatic carbocycles. The van der Waals surface area contributed by atoms with Gasteiger partial charge >= 0.3 is 0 Å². The van der Waals surface area contributed by atoms with Crippen molar-refractivity contribution < 1.29 is 9.90 Å². The summed E-state index contributed by atoms with van der Waals surface area (Å²) in [6, 6.07) is 15.9. The van der Waals surface area contributed by atoms with Gasteiger partial charge < -0.3 is 21.5 Å². The summed E-state index contributed by atoms with van der Waals surface area (Å²) in [7, 11) is 0. The maximum Gasteiger partial charge on any atom is 0.267 e. The molecule has 24 heavy (non-hydrogen) atoms. The average molecular weight is 322 g/mol. The molecular weight excluding hydrogens is 304 g/mol. The predicted octanol–water partition coefficient (Wildman–Crippen LogP) is 1.99. The van der Waals surface area contributed by atoms with Gasteiger partial charge in [-0.05, 0) is 23.3 Å². The molecule has 0 fully saturated rings. The standard InChI is InChI=1S/C18H18N4O2/c19-9-13-4-3-5-14(8-13)11-21-12-15(10-20)18(24)22-16-6-1-2-7-17(16)23/h1-8,12,21,23H,9,11,19H2,(H,22,24)/b15-12-. The van der Waals surface area contributed by atoms with Crippen molar-refractivity contribution in [2.45, 2.75) is 13.1 Å². The Morgan fingerprint density at radius 1 is 1.21 bits per heavy atom. The molecule has 2 rings (SSSR count). The molecule has 0 unspecified atom stereocenters. The van der Waals surface area contributed by atoms with Crippen LogP contribution in [-0.2, 0) is 17.9 Å². The topological polar surface area (TPSA) is 111 Å². The van der Waals surface area contributed by atoms with Crippen LogP contribution < -0.4 is 16.4 Å². The summed E-state index contributed by atoms with van der Waals surface area (Å²) >= 11 is 0. The van der Waals surface area contributed by atoms with Crippen molar-refractivity contribution in [2.24, 2.45) is 5.73 Å². The number of rotatable bonds is 6. The average Bonchev–Trinajstić information content (AvgIpc) is 2.61. The molecule has 1 amide bonds. The summed E-state index contributed by atoms with van der Waals surface area (Å²) in [6.45, 7) is 0.916. The lowest BCUT2D eigenvalue weighted by Crippen LogP contribution is -2.16. The summed E-state index contributed by atoms with van der Waals surface area (Å²) in [5, 5.41) is 24.2. The van der Waals surface area contributed by atoms with Crippen molar-refractivity contribution in [3.8, 4) is 11.8 Å². The normalized spacial score (nSPS) is 10.8. The van der Waals surface area contributed by atoms with Gasteiger partial charge in [0.2, 0.25) is 0 Å². The van der Waals surface area contributed by atoms with E-state index in [1.807, 2.05) is 30.3 Å². The van der Waals surface area contributed by atoms with Gasteiger partial charge in [-0.2, -0.15) is 5.26 Å². The molecule has 6 nitrogen and oxygen atoms in total. The van der Waals surface area contributed by atoms with E-state index in [-0.39, 0.29) is 17.0 Å². The minimum absolute atomic E-state index is 0.0605. The number of benzene rings is 2. The van der Waals surface area contributed by atoms with Crippen LogP contribution in [-0.4, -0.2) is 11.0 Å². The van der Waals surface area contributed by atoms with E-state index in [1.54, 1.807) is 18.2 Å². The number of carbonyl (C=O) groups is 1. The third-order valence-electron chi connectivity index (χ3n) is 3.30. The fraction of sp³-hybridized carbons (Fsp3) is 0.111. The lowest BCUT2D eigenvalue weighted by Gasteiger charge is -2.07. The second-order valence-electron chi connectivity index (χ2n) is 5.05. The number of hydrogen-bond donors (Lipinski definition) is 4. The minimum atomic E-state index is -0.595. The molecule has 0 aliphatic heterocycles. The number of nitrogens with one attached hydrogen (secondary N) is 2. The second-order valence-corrected chi connectivity index (χ2v) is 5.05. The zero-order valence-electron chi connectivity index (χ0n) is 13.0. The molecule has 0 bridgehead atoms. The maximum atomic E-state index is 12.1. The number of hydrogen-bond acceptors (Lipinski definition) is 5. The second kappa shape index (κ2) is 8.36. The van der Waals surface area contributed by atoms with Crippen molar-refractivity contribution in [1.29, 1.82) is 5.26 Å². The zero-order chi connectivity index (χ0) is 17.4. The first-order chi connectivity index (χ1) is 11.6. The molecule has 0 aromatic heterocycles. The van der Waals surface area contributed by atoms with Gasteiger partial charge in [-0.1, -0.05) is 36.4 Å². The third-order valence-corrected chi connectivity index (χ3v) is 3.30. The van der Waals surface area contributed by atoms with Gasteiger partial charge in [0.05, 0.1) is 5.69 Å². The first kappa shape index (κ1) is 17.1. The van der Waals surface area contributed by atoms with Crippen molar-refractivity contribution >= 4 is 11.6 Å². The number of nitriles is 1. The van der Waals surface area contributed by atoms with E-state index in [1.165, 1.54) is 12.3 Å². The van der Waals surface area contributed by atoms with Crippen LogP contribution >= 0.6 is 0 Å². The number of amides is 1. The number of phenolic OH excluding ortho intramolecular Hbond substituents is 1. The largest absolute Gasteiger partial charge is 0.506 e. The Morgan fingerprint density at radius 2 is 1.96 bits per heavy atom. The highest BCUT2D eigenvalue weighted by molar-refractivity contribution is 6.07. The molecule has 0 saturated carbocycles. The molecule has 2 aromatic rings. The number of nitrogens with two attached hydrogens (primary N) is 1. The molecule has 122 valence electrons. The molecule has 0 saturated heterocycles. The minimum Gasteiger partial charge on any atom is -0.506 e. The van der Waals surface area contributed by atoms with Gasteiger partial charge in [0, 0.05) is 19.3 Å². The molecule has 0 aliphatic rings. The van der Waals surface area contributed by atoms with Crippen molar-refractivity contribution in [3.63, 3.8) is 0 Å². The van der Waals surface area contributed by atoms with Crippen LogP contribution in [0.1, 0.15) is 11.1 Å². The summed E-state index contributed by atoms with van der Waals surface area (Å²) < 4.78 is 0. The summed E-state index contributed by atoms with van der Waals surface area (Å²) in [5.41, 5.74) is 7.76. The SMILES string of the molecule is N#C/C(=C/NCc1cccc(CN)c1)C(=O)Nc1ccccc1O. The molecule has 0 atom stereocenters. The van der Waals surface area contributed by atoms with E-state index in [9.17, 15) is 9.90 Å². The van der Waals surface area contributed by atoms with E-state index in [4.69, 9.17) is 11.0 Å². The van der Waals surface area contributed by atoms with Crippen LogP contribution in [0.25, 0.3) is 0 Å². The smallest absolute Gasteiger partial charge is 0.267 e. The van der Waals surface area contributed by atoms with Gasteiger partial charge in [-0.3, -0.25) is 4.79 Å². The van der Waals surface area contributed by atoms with Crippen LogP contribution in [0.4, 0.5) is 5.69 Å². The van der Waals surface area contributed by atoms with Gasteiger partial charge in [-0.15, -0.1) is 0 Å². The predicted molar refractivity (Wildman–Crippen MR) is 91.6 cm³/mol. The Bertz CT molecular complexity index is 794. The number of anilines is 1. The highest BCUT2D eigenvalue weighted by atomic mass is 16.3. The Kier molecular flexibility index (Phi) is 5.95. The maximum absolute atomic E-state index is 12.1. The van der Waals surface area contributed by atoms with E-state index in [2.05, 4.69) is 10.6 Å². The van der Waals surface area contributed by atoms with Crippen LogP contribution in [0.3, 0.4) is 0 Å². The first-order valence-electron chi connectivity index (χ1n) is 7.35. The monoisotopic (exact) mass is 322 g/mol.